The lowest BCUT2D eigenvalue weighted by Crippen LogP contribution is -2.23. The van der Waals surface area contributed by atoms with E-state index in [2.05, 4.69) is 19.6 Å². The van der Waals surface area contributed by atoms with E-state index < -0.39 is 11.6 Å². The summed E-state index contributed by atoms with van der Waals surface area (Å²) in [6.07, 6.45) is 16.4. The van der Waals surface area contributed by atoms with Gasteiger partial charge in [0.1, 0.15) is 0 Å². The molecule has 0 heterocycles. The van der Waals surface area contributed by atoms with Crippen molar-refractivity contribution in [3.8, 4) is 0 Å². The third-order valence-corrected chi connectivity index (χ3v) is 8.21. The Morgan fingerprint density at radius 3 is 2.28 bits per heavy atom. The Kier molecular flexibility index (Phi) is 6.56. The molecule has 0 saturated heterocycles. The van der Waals surface area contributed by atoms with E-state index in [1.54, 1.807) is 12.1 Å². The van der Waals surface area contributed by atoms with Crippen molar-refractivity contribution in [1.82, 2.24) is 0 Å². The fourth-order valence-corrected chi connectivity index (χ4v) is 6.13. The summed E-state index contributed by atoms with van der Waals surface area (Å²) >= 11 is 0. The lowest BCUT2D eigenvalue weighted by atomic mass is 9.70. The molecule has 2 saturated carbocycles. The Labute approximate surface area is 175 Å². The van der Waals surface area contributed by atoms with Gasteiger partial charge in [-0.25, -0.2) is 8.78 Å². The minimum absolute atomic E-state index is 0.312. The van der Waals surface area contributed by atoms with Crippen LogP contribution in [0.2, 0.25) is 0 Å². The molecule has 2 heteroatoms. The number of rotatable bonds is 5. The average molecular weight is 399 g/mol. The lowest BCUT2D eigenvalue weighted by Gasteiger charge is -2.35. The molecular weight excluding hydrogens is 362 g/mol. The van der Waals surface area contributed by atoms with Crippen LogP contribution in [-0.4, -0.2) is 0 Å². The van der Waals surface area contributed by atoms with E-state index in [4.69, 9.17) is 0 Å². The van der Waals surface area contributed by atoms with Crippen LogP contribution in [0.3, 0.4) is 0 Å². The van der Waals surface area contributed by atoms with Crippen LogP contribution in [0.4, 0.5) is 8.78 Å². The maximum absolute atomic E-state index is 15.0. The fraction of sp³-hybridized carbons (Fsp3) is 0.630. The van der Waals surface area contributed by atoms with Gasteiger partial charge in [-0.15, -0.1) is 0 Å². The Hall–Kier alpha value is -1.44. The molecule has 1 unspecified atom stereocenters. The number of halogens is 2. The second-order valence-corrected chi connectivity index (χ2v) is 9.75. The highest BCUT2D eigenvalue weighted by atomic mass is 19.2. The van der Waals surface area contributed by atoms with Gasteiger partial charge in [0.05, 0.1) is 0 Å². The first-order valence-electron chi connectivity index (χ1n) is 11.9. The van der Waals surface area contributed by atoms with Crippen molar-refractivity contribution in [2.75, 3.05) is 0 Å². The Morgan fingerprint density at radius 2 is 1.66 bits per heavy atom. The summed E-state index contributed by atoms with van der Waals surface area (Å²) in [4.78, 5) is 0. The maximum atomic E-state index is 15.0. The smallest absolute Gasteiger partial charge is 0.166 e. The van der Waals surface area contributed by atoms with Crippen molar-refractivity contribution in [2.45, 2.75) is 84.0 Å². The van der Waals surface area contributed by atoms with E-state index in [0.717, 1.165) is 61.0 Å². The molecule has 158 valence electrons. The third kappa shape index (κ3) is 4.37. The summed E-state index contributed by atoms with van der Waals surface area (Å²) in [6.45, 7) is 6.41. The Morgan fingerprint density at radius 1 is 0.931 bits per heavy atom. The van der Waals surface area contributed by atoms with Gasteiger partial charge in [-0.2, -0.15) is 0 Å². The highest BCUT2D eigenvalue weighted by Crippen LogP contribution is 2.43. The van der Waals surface area contributed by atoms with Crippen LogP contribution in [0, 0.1) is 35.3 Å². The molecular formula is C27H36F2. The lowest BCUT2D eigenvalue weighted by molar-refractivity contribution is 0.192. The summed E-state index contributed by atoms with van der Waals surface area (Å²) in [5.41, 5.74) is 2.64. The van der Waals surface area contributed by atoms with Gasteiger partial charge in [0.15, 0.2) is 11.6 Å². The van der Waals surface area contributed by atoms with Crippen LogP contribution in [-0.2, 0) is 0 Å². The van der Waals surface area contributed by atoms with E-state index in [0.29, 0.717) is 17.0 Å². The standard InChI is InChI=1S/C27H36F2/c1-3-19-8-10-21(11-9-19)22-12-14-23(15-13-22)25-17-16-24(26(28)27(25)29)18(2)20-6-4-5-7-20/h14,16-17,19-22H,2-13,15H2,1H3. The molecule has 3 aliphatic carbocycles. The minimum atomic E-state index is -0.694. The molecule has 0 spiro atoms. The molecule has 29 heavy (non-hydrogen) atoms. The highest BCUT2D eigenvalue weighted by molar-refractivity contribution is 5.72. The van der Waals surface area contributed by atoms with E-state index >= 15 is 0 Å². The average Bonchev–Trinajstić information content (AvgIpc) is 3.30. The molecule has 4 rings (SSSR count). The van der Waals surface area contributed by atoms with Gasteiger partial charge < -0.3 is 0 Å². The maximum Gasteiger partial charge on any atom is 0.166 e. The zero-order chi connectivity index (χ0) is 20.4. The molecule has 0 radical (unpaired) electrons. The van der Waals surface area contributed by atoms with Gasteiger partial charge in [0.25, 0.3) is 0 Å². The Bertz CT molecular complexity index is 761. The largest absolute Gasteiger partial charge is 0.203 e. The summed E-state index contributed by atoms with van der Waals surface area (Å²) in [7, 11) is 0. The quantitative estimate of drug-likeness (QED) is 0.466. The molecule has 0 amide bonds. The minimum Gasteiger partial charge on any atom is -0.203 e. The normalized spacial score (nSPS) is 28.4. The third-order valence-electron chi connectivity index (χ3n) is 8.21. The molecule has 0 N–H and O–H groups in total. The van der Waals surface area contributed by atoms with Crippen molar-refractivity contribution in [3.05, 3.63) is 47.5 Å². The van der Waals surface area contributed by atoms with Gasteiger partial charge in [-0.3, -0.25) is 0 Å². The summed E-state index contributed by atoms with van der Waals surface area (Å²) in [5, 5.41) is 0. The first-order valence-corrected chi connectivity index (χ1v) is 11.9. The molecule has 0 bridgehead atoms. The SMILES string of the molecule is C=C(c1ccc(C2=CCC(C3CCC(CC)CC3)CC2)c(F)c1F)C1CCCC1. The molecule has 1 aromatic carbocycles. The second-order valence-electron chi connectivity index (χ2n) is 9.75. The van der Waals surface area contributed by atoms with E-state index in [1.165, 1.54) is 44.9 Å². The van der Waals surface area contributed by atoms with E-state index in [1.807, 2.05) is 0 Å². The van der Waals surface area contributed by atoms with Crippen LogP contribution >= 0.6 is 0 Å². The van der Waals surface area contributed by atoms with Crippen LogP contribution in [0.5, 0.6) is 0 Å². The first kappa shape index (κ1) is 20.8. The fourth-order valence-electron chi connectivity index (χ4n) is 6.13. The Balaban J connectivity index is 1.44. The van der Waals surface area contributed by atoms with Crippen molar-refractivity contribution in [3.63, 3.8) is 0 Å². The zero-order valence-corrected chi connectivity index (χ0v) is 18.0. The van der Waals surface area contributed by atoms with Crippen LogP contribution in [0.25, 0.3) is 11.1 Å². The summed E-state index contributed by atoms with van der Waals surface area (Å²) in [5.74, 6) is 1.43. The van der Waals surface area contributed by atoms with Crippen LogP contribution < -0.4 is 0 Å². The molecule has 1 aromatic rings. The van der Waals surface area contributed by atoms with Crippen molar-refractivity contribution in [2.24, 2.45) is 23.7 Å². The van der Waals surface area contributed by atoms with E-state index in [9.17, 15) is 8.78 Å². The number of benzene rings is 1. The van der Waals surface area contributed by atoms with E-state index in [-0.39, 0.29) is 0 Å². The van der Waals surface area contributed by atoms with Gasteiger partial charge >= 0.3 is 0 Å². The zero-order valence-electron chi connectivity index (χ0n) is 18.0. The first-order chi connectivity index (χ1) is 14.1. The van der Waals surface area contributed by atoms with Crippen LogP contribution in [0.1, 0.15) is 95.1 Å². The monoisotopic (exact) mass is 398 g/mol. The van der Waals surface area contributed by atoms with Crippen molar-refractivity contribution >= 4 is 11.1 Å². The molecule has 2 fully saturated rings. The molecule has 0 aliphatic heterocycles. The van der Waals surface area contributed by atoms with Gasteiger partial charge in [0, 0.05) is 11.1 Å². The summed E-state index contributed by atoms with van der Waals surface area (Å²) < 4.78 is 29.9. The highest BCUT2D eigenvalue weighted by Gasteiger charge is 2.29. The molecule has 1 atom stereocenters. The summed E-state index contributed by atoms with van der Waals surface area (Å²) in [6, 6.07) is 3.57. The van der Waals surface area contributed by atoms with Gasteiger partial charge in [-0.05, 0) is 79.8 Å². The molecule has 0 aromatic heterocycles. The number of allylic oxidation sites excluding steroid dienone is 3. The van der Waals surface area contributed by atoms with Crippen molar-refractivity contribution in [1.29, 1.82) is 0 Å². The van der Waals surface area contributed by atoms with Crippen molar-refractivity contribution < 1.29 is 8.78 Å². The topological polar surface area (TPSA) is 0 Å². The number of hydrogen-bond acceptors (Lipinski definition) is 0. The van der Waals surface area contributed by atoms with Gasteiger partial charge in [-0.1, -0.05) is 63.8 Å². The number of hydrogen-bond donors (Lipinski definition) is 0. The predicted octanol–water partition coefficient (Wildman–Crippen LogP) is 8.57. The second kappa shape index (κ2) is 9.14. The van der Waals surface area contributed by atoms with Crippen LogP contribution in [0.15, 0.2) is 24.8 Å². The van der Waals surface area contributed by atoms with Gasteiger partial charge in [0.2, 0.25) is 0 Å². The molecule has 3 aliphatic rings. The predicted molar refractivity (Wildman–Crippen MR) is 118 cm³/mol. The molecule has 0 nitrogen and oxygen atoms in total.